The van der Waals surface area contributed by atoms with Crippen molar-refractivity contribution in [1.82, 2.24) is 19.7 Å². The number of aromatic nitrogens is 3. The normalized spacial score (nSPS) is 21.5. The molecular weight excluding hydrogens is 328 g/mol. The summed E-state index contributed by atoms with van der Waals surface area (Å²) in [5.41, 5.74) is 1.22. The number of amides is 1. The van der Waals surface area contributed by atoms with Crippen molar-refractivity contribution in [2.24, 2.45) is 0 Å². The Morgan fingerprint density at radius 2 is 1.96 bits per heavy atom. The highest BCUT2D eigenvalue weighted by molar-refractivity contribution is 5.77. The lowest BCUT2D eigenvalue weighted by atomic mass is 10.1. The van der Waals surface area contributed by atoms with Gasteiger partial charge in [-0.15, -0.1) is 10.2 Å². The number of carbonyl (C=O) groups excluding carboxylic acids is 1. The second-order valence-corrected chi connectivity index (χ2v) is 7.26. The Balaban J connectivity index is 1.46. The fraction of sp³-hybridized carbons (Fsp3) is 0.550. The van der Waals surface area contributed by atoms with Crippen molar-refractivity contribution in [2.45, 2.75) is 57.2 Å². The van der Waals surface area contributed by atoms with Crippen molar-refractivity contribution in [2.75, 3.05) is 13.7 Å². The first kappa shape index (κ1) is 17.2. The Bertz CT molecular complexity index is 758. The standard InChI is InChI=1S/C20H26N4O2/c1-26-12-11-18-21-22-19-13-16-8-9-17(14-23(18)19)24(16)20(25)10-7-15-5-3-2-4-6-15/h2-6,16-17H,7-14H2,1H3/t16-,17+/m0/s1. The smallest absolute Gasteiger partial charge is 0.223 e. The van der Waals surface area contributed by atoms with Crippen LogP contribution in [0.1, 0.15) is 36.5 Å². The molecule has 0 unspecified atom stereocenters. The van der Waals surface area contributed by atoms with Gasteiger partial charge in [0.1, 0.15) is 11.6 Å². The van der Waals surface area contributed by atoms with Gasteiger partial charge >= 0.3 is 0 Å². The van der Waals surface area contributed by atoms with E-state index in [2.05, 4.69) is 31.8 Å². The lowest BCUT2D eigenvalue weighted by Gasteiger charge is -2.28. The average Bonchev–Trinajstić information content (AvgIpc) is 3.18. The summed E-state index contributed by atoms with van der Waals surface area (Å²) in [5.74, 6) is 2.27. The summed E-state index contributed by atoms with van der Waals surface area (Å²) in [5, 5.41) is 8.74. The first-order valence-electron chi connectivity index (χ1n) is 9.51. The third-order valence-corrected chi connectivity index (χ3v) is 5.62. The molecule has 1 aromatic heterocycles. The number of hydrogen-bond donors (Lipinski definition) is 0. The van der Waals surface area contributed by atoms with Crippen molar-refractivity contribution in [1.29, 1.82) is 0 Å². The number of hydrogen-bond acceptors (Lipinski definition) is 4. The van der Waals surface area contributed by atoms with Gasteiger partial charge in [-0.1, -0.05) is 30.3 Å². The van der Waals surface area contributed by atoms with Gasteiger partial charge in [0.05, 0.1) is 12.6 Å². The van der Waals surface area contributed by atoms with Gasteiger partial charge in [0.15, 0.2) is 0 Å². The number of benzene rings is 1. The van der Waals surface area contributed by atoms with Crippen LogP contribution in [0.25, 0.3) is 0 Å². The Morgan fingerprint density at radius 1 is 1.15 bits per heavy atom. The van der Waals surface area contributed by atoms with Crippen molar-refractivity contribution < 1.29 is 9.53 Å². The second-order valence-electron chi connectivity index (χ2n) is 7.26. The molecule has 1 aromatic carbocycles. The Labute approximate surface area is 154 Å². The zero-order chi connectivity index (χ0) is 17.9. The van der Waals surface area contributed by atoms with Gasteiger partial charge in [0, 0.05) is 39.0 Å². The molecule has 6 heteroatoms. The van der Waals surface area contributed by atoms with Gasteiger partial charge in [0.2, 0.25) is 5.91 Å². The SMILES string of the molecule is COCCc1nnc2n1C[C@H]1CC[C@@H](C2)N1C(=O)CCc1ccccc1. The molecular formula is C20H26N4O2. The molecule has 2 bridgehead atoms. The summed E-state index contributed by atoms with van der Waals surface area (Å²) in [6.07, 6.45) is 5.11. The van der Waals surface area contributed by atoms with Crippen LogP contribution in [0.2, 0.25) is 0 Å². The van der Waals surface area contributed by atoms with Crippen molar-refractivity contribution in [3.63, 3.8) is 0 Å². The zero-order valence-electron chi connectivity index (χ0n) is 15.3. The van der Waals surface area contributed by atoms with Crippen LogP contribution in [0.15, 0.2) is 30.3 Å². The van der Waals surface area contributed by atoms with Crippen LogP contribution in [0, 0.1) is 0 Å². The van der Waals surface area contributed by atoms with E-state index in [-0.39, 0.29) is 18.0 Å². The monoisotopic (exact) mass is 354 g/mol. The van der Waals surface area contributed by atoms with E-state index in [9.17, 15) is 4.79 Å². The quantitative estimate of drug-likeness (QED) is 0.796. The molecule has 2 atom stereocenters. The molecule has 0 radical (unpaired) electrons. The van der Waals surface area contributed by atoms with E-state index in [4.69, 9.17) is 4.74 Å². The van der Waals surface area contributed by atoms with Crippen LogP contribution < -0.4 is 0 Å². The van der Waals surface area contributed by atoms with Crippen LogP contribution in [0.4, 0.5) is 0 Å². The number of methoxy groups -OCH3 is 1. The maximum atomic E-state index is 13.0. The highest BCUT2D eigenvalue weighted by Gasteiger charge is 2.40. The number of rotatable bonds is 6. The number of nitrogens with zero attached hydrogens (tertiary/aromatic N) is 4. The predicted molar refractivity (Wildman–Crippen MR) is 97.7 cm³/mol. The van der Waals surface area contributed by atoms with Crippen molar-refractivity contribution >= 4 is 5.91 Å². The van der Waals surface area contributed by atoms with E-state index >= 15 is 0 Å². The molecule has 2 aromatic rings. The first-order valence-corrected chi connectivity index (χ1v) is 9.51. The van der Waals surface area contributed by atoms with Crippen LogP contribution in [-0.2, 0) is 35.3 Å². The molecule has 0 saturated carbocycles. The van der Waals surface area contributed by atoms with E-state index in [1.165, 1.54) is 5.56 Å². The van der Waals surface area contributed by atoms with Gasteiger partial charge < -0.3 is 14.2 Å². The minimum absolute atomic E-state index is 0.266. The van der Waals surface area contributed by atoms with Gasteiger partial charge in [-0.3, -0.25) is 4.79 Å². The molecule has 0 N–H and O–H groups in total. The number of aryl methyl sites for hydroxylation is 1. The molecule has 4 rings (SSSR count). The lowest BCUT2D eigenvalue weighted by molar-refractivity contribution is -0.134. The molecule has 3 heterocycles. The summed E-state index contributed by atoms with van der Waals surface area (Å²) in [4.78, 5) is 15.1. The van der Waals surface area contributed by atoms with Gasteiger partial charge in [-0.05, 0) is 24.8 Å². The molecule has 2 aliphatic heterocycles. The zero-order valence-corrected chi connectivity index (χ0v) is 15.3. The Hall–Kier alpha value is -2.21. The first-order chi connectivity index (χ1) is 12.8. The van der Waals surface area contributed by atoms with Gasteiger partial charge in [-0.2, -0.15) is 0 Å². The highest BCUT2D eigenvalue weighted by Crippen LogP contribution is 2.32. The van der Waals surface area contributed by atoms with E-state index in [1.807, 2.05) is 18.2 Å². The van der Waals surface area contributed by atoms with Crippen LogP contribution in [0.5, 0.6) is 0 Å². The molecule has 0 spiro atoms. The lowest BCUT2D eigenvalue weighted by Crippen LogP contribution is -2.42. The number of ether oxygens (including phenoxy) is 1. The van der Waals surface area contributed by atoms with Crippen LogP contribution >= 0.6 is 0 Å². The minimum atomic E-state index is 0.266. The molecule has 1 fully saturated rings. The number of carbonyl (C=O) groups is 1. The predicted octanol–water partition coefficient (Wildman–Crippen LogP) is 2.02. The maximum Gasteiger partial charge on any atom is 0.223 e. The van der Waals surface area contributed by atoms with E-state index in [1.54, 1.807) is 7.11 Å². The Morgan fingerprint density at radius 3 is 2.77 bits per heavy atom. The van der Waals surface area contributed by atoms with Crippen molar-refractivity contribution in [3.05, 3.63) is 47.5 Å². The molecule has 26 heavy (non-hydrogen) atoms. The molecule has 1 amide bonds. The van der Waals surface area contributed by atoms with Gasteiger partial charge in [0.25, 0.3) is 0 Å². The fourth-order valence-electron chi connectivity index (χ4n) is 4.31. The average molecular weight is 354 g/mol. The Kier molecular flexibility index (Phi) is 5.02. The van der Waals surface area contributed by atoms with Crippen molar-refractivity contribution in [3.8, 4) is 0 Å². The topological polar surface area (TPSA) is 60.3 Å². The summed E-state index contributed by atoms with van der Waals surface area (Å²) >= 11 is 0. The third kappa shape index (κ3) is 3.38. The molecule has 0 aliphatic carbocycles. The van der Waals surface area contributed by atoms with E-state index in [0.29, 0.717) is 13.0 Å². The summed E-state index contributed by atoms with van der Waals surface area (Å²) in [6, 6.07) is 10.8. The number of fused-ring (bicyclic) bond motifs is 3. The largest absolute Gasteiger partial charge is 0.384 e. The van der Waals surface area contributed by atoms with Crippen LogP contribution in [-0.4, -0.2) is 51.4 Å². The summed E-state index contributed by atoms with van der Waals surface area (Å²) in [6.45, 7) is 1.46. The van der Waals surface area contributed by atoms with E-state index in [0.717, 1.165) is 50.3 Å². The molecule has 138 valence electrons. The van der Waals surface area contributed by atoms with E-state index < -0.39 is 0 Å². The molecule has 6 nitrogen and oxygen atoms in total. The fourth-order valence-corrected chi connectivity index (χ4v) is 4.31. The molecule has 2 aliphatic rings. The maximum absolute atomic E-state index is 13.0. The molecule has 1 saturated heterocycles. The second kappa shape index (κ2) is 7.58. The van der Waals surface area contributed by atoms with Crippen LogP contribution in [0.3, 0.4) is 0 Å². The van der Waals surface area contributed by atoms with Gasteiger partial charge in [-0.25, -0.2) is 0 Å². The minimum Gasteiger partial charge on any atom is -0.384 e. The highest BCUT2D eigenvalue weighted by atomic mass is 16.5. The summed E-state index contributed by atoms with van der Waals surface area (Å²) < 4.78 is 7.41. The summed E-state index contributed by atoms with van der Waals surface area (Å²) in [7, 11) is 1.70. The third-order valence-electron chi connectivity index (χ3n) is 5.62.